The molecular weight excluding hydrogens is 418 g/mol. The van der Waals surface area contributed by atoms with Crippen molar-refractivity contribution in [3.05, 3.63) is 71.3 Å². The van der Waals surface area contributed by atoms with E-state index in [2.05, 4.69) is 47.7 Å². The zero-order valence-corrected chi connectivity index (χ0v) is 19.7. The summed E-state index contributed by atoms with van der Waals surface area (Å²) < 4.78 is 9.15. The van der Waals surface area contributed by atoms with Crippen molar-refractivity contribution in [3.63, 3.8) is 0 Å². The van der Waals surface area contributed by atoms with Crippen LogP contribution in [0.5, 0.6) is 0 Å². The third kappa shape index (κ3) is 4.70. The predicted octanol–water partition coefficient (Wildman–Crippen LogP) is 6.03. The predicted molar refractivity (Wildman–Crippen MR) is 133 cm³/mol. The maximum Gasteiger partial charge on any atom is 0.224 e. The van der Waals surface area contributed by atoms with Crippen molar-refractivity contribution in [1.29, 1.82) is 0 Å². The third-order valence-electron chi connectivity index (χ3n) is 6.42. The monoisotopic (exact) mass is 449 g/mol. The summed E-state index contributed by atoms with van der Waals surface area (Å²) in [4.78, 5) is 16.7. The Balaban J connectivity index is 1.89. The lowest BCUT2D eigenvalue weighted by Gasteiger charge is -2.26. The number of allylic oxidation sites excluding steroid dienone is 2. The molecule has 4 rings (SSSR count). The molecule has 32 heavy (non-hydrogen) atoms. The zero-order chi connectivity index (χ0) is 22.5. The molecule has 0 bridgehead atoms. The molecule has 168 valence electrons. The summed E-state index contributed by atoms with van der Waals surface area (Å²) >= 11 is 4.38. The third-order valence-corrected chi connectivity index (χ3v) is 6.73. The number of anilines is 1. The van der Waals surface area contributed by atoms with Crippen LogP contribution in [0, 0.1) is 0 Å². The van der Waals surface area contributed by atoms with Gasteiger partial charge in [-0.05, 0) is 50.0 Å². The molecule has 0 spiro atoms. The van der Waals surface area contributed by atoms with Crippen molar-refractivity contribution in [2.24, 2.45) is 0 Å². The molecular formula is C26H31N3O2S. The van der Waals surface area contributed by atoms with Gasteiger partial charge in [-0.2, -0.15) is 0 Å². The molecule has 0 N–H and O–H groups in total. The van der Waals surface area contributed by atoms with Crippen molar-refractivity contribution in [3.8, 4) is 0 Å². The first kappa shape index (κ1) is 22.5. The number of methoxy groups -OCH3 is 1. The van der Waals surface area contributed by atoms with Gasteiger partial charge in [-0.15, -0.1) is 0 Å². The largest absolute Gasteiger partial charge is 0.502 e. The van der Waals surface area contributed by atoms with E-state index in [1.807, 2.05) is 25.1 Å². The Kier molecular flexibility index (Phi) is 7.20. The molecule has 1 saturated carbocycles. The number of carbonyl (C=O) groups is 1. The van der Waals surface area contributed by atoms with Crippen LogP contribution < -0.4 is 4.31 Å². The second-order valence-corrected chi connectivity index (χ2v) is 8.89. The van der Waals surface area contributed by atoms with Gasteiger partial charge in [0.2, 0.25) is 6.41 Å². The van der Waals surface area contributed by atoms with E-state index in [0.717, 1.165) is 46.7 Å². The molecule has 1 aliphatic carbocycles. The lowest BCUT2D eigenvalue weighted by molar-refractivity contribution is -0.106. The summed E-state index contributed by atoms with van der Waals surface area (Å²) in [5, 5.41) is 0. The van der Waals surface area contributed by atoms with E-state index in [-0.39, 0.29) is 0 Å². The molecule has 5 nitrogen and oxygen atoms in total. The number of hydrogen-bond acceptors (Lipinski definition) is 4. The van der Waals surface area contributed by atoms with Crippen molar-refractivity contribution in [1.82, 2.24) is 9.55 Å². The lowest BCUT2D eigenvalue weighted by atomic mass is 9.94. The highest BCUT2D eigenvalue weighted by molar-refractivity contribution is 7.82. The van der Waals surface area contributed by atoms with Crippen LogP contribution in [0.1, 0.15) is 62.0 Å². The molecule has 0 aliphatic heterocycles. The standard InChI is InChI=1S/C26H31N3O2S/c1-19(31-2)13-14-22-23(28(32)18-30)15-16-24-26(22)27-25(17-20-9-5-3-6-10-20)29(24)21-11-7-4-8-12-21/h3,5-6,9-10,13,15-16,18,21,32H,4,7-8,11-12,14,17H2,1-2H3/b19-13-. The number of benzene rings is 2. The summed E-state index contributed by atoms with van der Waals surface area (Å²) in [7, 11) is 1.67. The molecule has 0 unspecified atom stereocenters. The van der Waals surface area contributed by atoms with Crippen LogP contribution in [-0.2, 0) is 22.4 Å². The van der Waals surface area contributed by atoms with Gasteiger partial charge in [0.05, 0.1) is 29.6 Å². The van der Waals surface area contributed by atoms with E-state index in [0.29, 0.717) is 12.5 Å². The van der Waals surface area contributed by atoms with Crippen molar-refractivity contribution >= 4 is 35.9 Å². The van der Waals surface area contributed by atoms with E-state index >= 15 is 0 Å². The SMILES string of the molecule is CO/C(C)=C\Cc1c(N(S)C=O)ccc2c1nc(Cc1ccccc1)n2C1CCCCC1. The van der Waals surface area contributed by atoms with Gasteiger partial charge in [0.15, 0.2) is 0 Å². The van der Waals surface area contributed by atoms with Crippen molar-refractivity contribution in [2.75, 3.05) is 11.4 Å². The highest BCUT2D eigenvalue weighted by atomic mass is 32.1. The molecule has 1 fully saturated rings. The van der Waals surface area contributed by atoms with Crippen LogP contribution in [0.25, 0.3) is 11.0 Å². The van der Waals surface area contributed by atoms with Gasteiger partial charge in [0.25, 0.3) is 0 Å². The summed E-state index contributed by atoms with van der Waals surface area (Å²) in [6, 6.07) is 15.1. The first-order chi connectivity index (χ1) is 15.6. The number of thiol groups is 1. The number of nitrogens with zero attached hydrogens (tertiary/aromatic N) is 3. The average molecular weight is 450 g/mol. The fourth-order valence-corrected chi connectivity index (χ4v) is 4.89. The van der Waals surface area contributed by atoms with Crippen LogP contribution >= 0.6 is 12.8 Å². The average Bonchev–Trinajstić information content (AvgIpc) is 3.20. The normalized spacial score (nSPS) is 15.2. The number of aromatic nitrogens is 2. The van der Waals surface area contributed by atoms with Gasteiger partial charge in [-0.3, -0.25) is 9.10 Å². The maximum absolute atomic E-state index is 11.5. The molecule has 0 atom stereocenters. The Hall–Kier alpha value is -2.73. The zero-order valence-electron chi connectivity index (χ0n) is 18.8. The fourth-order valence-electron chi connectivity index (χ4n) is 4.71. The molecule has 3 aromatic rings. The summed E-state index contributed by atoms with van der Waals surface area (Å²) in [5.41, 5.74) is 5.08. The van der Waals surface area contributed by atoms with E-state index in [4.69, 9.17) is 9.72 Å². The van der Waals surface area contributed by atoms with Crippen LogP contribution in [-0.4, -0.2) is 23.1 Å². The number of hydrogen-bond donors (Lipinski definition) is 1. The van der Waals surface area contributed by atoms with E-state index in [9.17, 15) is 4.79 Å². The highest BCUT2D eigenvalue weighted by Crippen LogP contribution is 2.37. The molecule has 0 radical (unpaired) electrons. The first-order valence-corrected chi connectivity index (χ1v) is 11.7. The second-order valence-electron chi connectivity index (χ2n) is 8.46. The Bertz CT molecular complexity index is 1100. The first-order valence-electron chi connectivity index (χ1n) is 11.3. The molecule has 6 heteroatoms. The van der Waals surface area contributed by atoms with Gasteiger partial charge in [0, 0.05) is 18.0 Å². The van der Waals surface area contributed by atoms with Gasteiger partial charge in [-0.25, -0.2) is 4.98 Å². The minimum Gasteiger partial charge on any atom is -0.502 e. The Morgan fingerprint density at radius 1 is 1.19 bits per heavy atom. The Labute approximate surface area is 195 Å². The number of amides is 1. The Morgan fingerprint density at radius 3 is 2.62 bits per heavy atom. The minimum atomic E-state index is 0.459. The van der Waals surface area contributed by atoms with Gasteiger partial charge in [0.1, 0.15) is 5.82 Å². The molecule has 1 amide bonds. The summed E-state index contributed by atoms with van der Waals surface area (Å²) in [5.74, 6) is 1.92. The molecule has 1 heterocycles. The molecule has 1 aromatic heterocycles. The summed E-state index contributed by atoms with van der Waals surface area (Å²) in [6.45, 7) is 1.93. The van der Waals surface area contributed by atoms with Crippen molar-refractivity contribution < 1.29 is 9.53 Å². The number of imidazole rings is 1. The molecule has 2 aromatic carbocycles. The molecule has 0 saturated heterocycles. The Morgan fingerprint density at radius 2 is 1.94 bits per heavy atom. The molecule has 1 aliphatic rings. The topological polar surface area (TPSA) is 47.4 Å². The van der Waals surface area contributed by atoms with Crippen LogP contribution in [0.4, 0.5) is 5.69 Å². The highest BCUT2D eigenvalue weighted by Gasteiger charge is 2.24. The number of carbonyl (C=O) groups excluding carboxylic acids is 1. The van der Waals surface area contributed by atoms with Crippen LogP contribution in [0.2, 0.25) is 0 Å². The summed E-state index contributed by atoms with van der Waals surface area (Å²) in [6.07, 6.45) is 10.3. The van der Waals surface area contributed by atoms with Crippen LogP contribution in [0.3, 0.4) is 0 Å². The smallest absolute Gasteiger partial charge is 0.224 e. The van der Waals surface area contributed by atoms with E-state index in [1.165, 1.54) is 42.0 Å². The maximum atomic E-state index is 11.5. The van der Waals surface area contributed by atoms with E-state index in [1.54, 1.807) is 7.11 Å². The second kappa shape index (κ2) is 10.3. The van der Waals surface area contributed by atoms with Crippen molar-refractivity contribution in [2.45, 2.75) is 57.9 Å². The minimum absolute atomic E-state index is 0.459. The van der Waals surface area contributed by atoms with E-state index < -0.39 is 0 Å². The fraction of sp³-hybridized carbons (Fsp3) is 0.385. The number of fused-ring (bicyclic) bond motifs is 1. The lowest BCUT2D eigenvalue weighted by Crippen LogP contribution is -2.16. The van der Waals surface area contributed by atoms with Gasteiger partial charge in [-0.1, -0.05) is 62.4 Å². The quantitative estimate of drug-likeness (QED) is 0.259. The number of rotatable bonds is 8. The van der Waals surface area contributed by atoms with Gasteiger partial charge >= 0.3 is 0 Å². The van der Waals surface area contributed by atoms with Gasteiger partial charge < -0.3 is 9.30 Å². The number of ether oxygens (including phenoxy) is 1. The van der Waals surface area contributed by atoms with Crippen LogP contribution in [0.15, 0.2) is 54.3 Å².